The Bertz CT molecular complexity index is 2110. The van der Waals surface area contributed by atoms with E-state index in [9.17, 15) is 14.7 Å². The highest BCUT2D eigenvalue weighted by Crippen LogP contribution is 2.36. The van der Waals surface area contributed by atoms with Crippen LogP contribution in [0, 0.1) is 13.8 Å². The fraction of sp³-hybridized carbons (Fsp3) is 0.381. The molecule has 3 aromatic heterocycles. The molecule has 2 aliphatic heterocycles. The van der Waals surface area contributed by atoms with Crippen molar-refractivity contribution in [1.29, 1.82) is 0 Å². The number of carboxylic acids is 1. The third kappa shape index (κ3) is 8.35. The quantitative estimate of drug-likeness (QED) is 0.0976. The Hall–Kier alpha value is -5.06. The van der Waals surface area contributed by atoms with E-state index in [0.717, 1.165) is 110 Å². The van der Waals surface area contributed by atoms with Crippen LogP contribution in [0.25, 0.3) is 50.4 Å². The summed E-state index contributed by atoms with van der Waals surface area (Å²) in [7, 11) is 0. The minimum atomic E-state index is -0.861. The van der Waals surface area contributed by atoms with E-state index >= 15 is 0 Å². The van der Waals surface area contributed by atoms with Gasteiger partial charge in [0.25, 0.3) is 0 Å². The average molecular weight is 704 g/mol. The molecule has 0 spiro atoms. The molecule has 5 heterocycles. The number of rotatable bonds is 16. The number of aliphatic carboxylic acids is 1. The number of carboxylic acid groups (broad SMARTS) is 1. The lowest BCUT2D eigenvalue weighted by molar-refractivity contribution is -0.136. The number of hydrogen-bond acceptors (Lipinski definition) is 6. The van der Waals surface area contributed by atoms with Crippen molar-refractivity contribution in [2.75, 3.05) is 39.3 Å². The molecule has 5 rings (SSSR count). The average Bonchev–Trinajstić information content (AvgIpc) is 3.78. The van der Waals surface area contributed by atoms with Crippen molar-refractivity contribution < 1.29 is 14.7 Å². The summed E-state index contributed by atoms with van der Waals surface area (Å²) >= 11 is 0. The fourth-order valence-electron chi connectivity index (χ4n) is 7.06. The van der Waals surface area contributed by atoms with Gasteiger partial charge in [-0.3, -0.25) is 9.59 Å². The molecule has 0 unspecified atom stereocenters. The van der Waals surface area contributed by atoms with Gasteiger partial charge in [-0.05, 0) is 111 Å². The first-order chi connectivity index (χ1) is 25.0. The molecule has 52 heavy (non-hydrogen) atoms. The summed E-state index contributed by atoms with van der Waals surface area (Å²) in [6.07, 6.45) is 4.86. The molecule has 0 saturated heterocycles. The Kier molecular flexibility index (Phi) is 12.5. The molecule has 1 amide bonds. The molecule has 0 radical (unpaired) electrons. The molecule has 5 N–H and O–H groups in total. The largest absolute Gasteiger partial charge is 0.481 e. The topological polar surface area (TPSA) is 139 Å². The highest BCUT2D eigenvalue weighted by Gasteiger charge is 2.21. The smallest absolute Gasteiger partial charge is 0.303 e. The van der Waals surface area contributed by atoms with E-state index < -0.39 is 5.97 Å². The molecule has 10 heteroatoms. The summed E-state index contributed by atoms with van der Waals surface area (Å²) < 4.78 is 0. The van der Waals surface area contributed by atoms with Gasteiger partial charge in [0.15, 0.2) is 0 Å². The van der Waals surface area contributed by atoms with Gasteiger partial charge in [0.1, 0.15) is 0 Å². The number of nitrogens with one attached hydrogen (secondary N) is 4. The monoisotopic (exact) mass is 703 g/mol. The van der Waals surface area contributed by atoms with E-state index in [0.29, 0.717) is 38.0 Å². The number of aryl methyl sites for hydroxylation is 3. The molecule has 0 aromatic carbocycles. The fourth-order valence-corrected chi connectivity index (χ4v) is 7.06. The number of fused-ring (bicyclic) bond motifs is 8. The SMILES string of the molecule is C=CC1=C(C)c2cc3[nH]c(cc4nc(cc5[nH]c(cc1n2)c(C)c5CCC(=O)NCCNCCN(CC)CC)C(CCC(=O)O)=C4C)c(C)c3C=C. The molecule has 0 aliphatic carbocycles. The van der Waals surface area contributed by atoms with Crippen molar-refractivity contribution in [3.8, 4) is 0 Å². The molecule has 0 saturated carbocycles. The minimum Gasteiger partial charge on any atom is -0.481 e. The molecule has 8 bridgehead atoms. The van der Waals surface area contributed by atoms with Gasteiger partial charge in [-0.15, -0.1) is 0 Å². The zero-order chi connectivity index (χ0) is 37.5. The predicted molar refractivity (Wildman–Crippen MR) is 215 cm³/mol. The minimum absolute atomic E-state index is 0.0100. The van der Waals surface area contributed by atoms with Crippen molar-refractivity contribution in [2.24, 2.45) is 0 Å². The molecular weight excluding hydrogens is 651 g/mol. The first-order valence-corrected chi connectivity index (χ1v) is 18.3. The van der Waals surface area contributed by atoms with Gasteiger partial charge in [0, 0.05) is 72.2 Å². The maximum atomic E-state index is 13.1. The third-order valence-electron chi connectivity index (χ3n) is 10.4. The van der Waals surface area contributed by atoms with E-state index in [2.05, 4.69) is 73.3 Å². The number of carbonyl (C=O) groups is 2. The van der Waals surface area contributed by atoms with Crippen LogP contribution in [0.4, 0.5) is 0 Å². The van der Waals surface area contributed by atoms with Gasteiger partial charge < -0.3 is 30.6 Å². The van der Waals surface area contributed by atoms with Crippen molar-refractivity contribution in [3.05, 3.63) is 88.5 Å². The van der Waals surface area contributed by atoms with Crippen molar-refractivity contribution in [1.82, 2.24) is 35.5 Å². The number of likely N-dealkylation sites (N-methyl/N-ethyl adjacent to an activating group) is 1. The van der Waals surface area contributed by atoms with Crippen molar-refractivity contribution in [2.45, 2.75) is 67.2 Å². The second-order valence-electron chi connectivity index (χ2n) is 13.5. The highest BCUT2D eigenvalue weighted by atomic mass is 16.4. The van der Waals surface area contributed by atoms with E-state index in [1.807, 2.05) is 43.3 Å². The van der Waals surface area contributed by atoms with Crippen LogP contribution < -0.4 is 10.6 Å². The van der Waals surface area contributed by atoms with Crippen molar-refractivity contribution in [3.63, 3.8) is 0 Å². The standard InChI is InChI=1S/C42H53N7O3/c1-9-29-25(5)33-21-34-28(8)32(14-16-42(51)52)40(47-34)24-39-31(13-15-41(50)44-18-17-43-19-20-49(11-3)12-4)27(7)36(48-39)23-38-30(10-2)26(6)35(46-38)22-37(29)45-33/h9-10,21-24,43,45,48H,1-2,11-20H2,3-8H3,(H,44,50)(H,51,52). The van der Waals surface area contributed by atoms with E-state index in [1.165, 1.54) is 0 Å². The highest BCUT2D eigenvalue weighted by molar-refractivity contribution is 5.98. The van der Waals surface area contributed by atoms with E-state index in [-0.39, 0.29) is 12.3 Å². The van der Waals surface area contributed by atoms with Gasteiger partial charge in [-0.1, -0.05) is 39.2 Å². The van der Waals surface area contributed by atoms with Crippen LogP contribution in [0.1, 0.15) is 92.0 Å². The summed E-state index contributed by atoms with van der Waals surface area (Å²) in [6, 6.07) is 8.12. The van der Waals surface area contributed by atoms with Gasteiger partial charge >= 0.3 is 5.97 Å². The summed E-state index contributed by atoms with van der Waals surface area (Å²) in [6.45, 7) is 25.9. The summed E-state index contributed by atoms with van der Waals surface area (Å²) in [5.41, 5.74) is 14.5. The Morgan fingerprint density at radius 3 is 2.10 bits per heavy atom. The summed E-state index contributed by atoms with van der Waals surface area (Å²) in [5.74, 6) is -0.872. The molecule has 2 aliphatic rings. The number of aromatic amines is 2. The van der Waals surface area contributed by atoms with Crippen LogP contribution in [0.2, 0.25) is 0 Å². The maximum Gasteiger partial charge on any atom is 0.303 e. The van der Waals surface area contributed by atoms with Gasteiger partial charge in [-0.2, -0.15) is 0 Å². The van der Waals surface area contributed by atoms with Crippen LogP contribution in [0.5, 0.6) is 0 Å². The number of H-pyrrole nitrogens is 2. The van der Waals surface area contributed by atoms with Crippen molar-refractivity contribution >= 4 is 62.3 Å². The Balaban J connectivity index is 1.60. The number of carbonyl (C=O) groups excluding carboxylic acids is 1. The predicted octanol–water partition coefficient (Wildman–Crippen LogP) is 7.47. The molecule has 10 nitrogen and oxygen atoms in total. The number of nitrogens with zero attached hydrogens (tertiary/aromatic N) is 3. The molecule has 0 atom stereocenters. The molecule has 3 aromatic rings. The molecule has 274 valence electrons. The van der Waals surface area contributed by atoms with Gasteiger partial charge in [0.05, 0.1) is 22.8 Å². The number of amides is 1. The first-order valence-electron chi connectivity index (χ1n) is 18.3. The zero-order valence-corrected chi connectivity index (χ0v) is 31.6. The van der Waals surface area contributed by atoms with E-state index in [4.69, 9.17) is 9.97 Å². The normalized spacial score (nSPS) is 12.9. The summed E-state index contributed by atoms with van der Waals surface area (Å²) in [5, 5.41) is 16.1. The van der Waals surface area contributed by atoms with Crippen LogP contribution in [0.15, 0.2) is 43.5 Å². The zero-order valence-electron chi connectivity index (χ0n) is 31.6. The second-order valence-corrected chi connectivity index (χ2v) is 13.5. The number of allylic oxidation sites excluding steroid dienone is 5. The second kappa shape index (κ2) is 17.0. The van der Waals surface area contributed by atoms with Crippen LogP contribution >= 0.6 is 0 Å². The van der Waals surface area contributed by atoms with Crippen LogP contribution in [0.3, 0.4) is 0 Å². The lowest BCUT2D eigenvalue weighted by atomic mass is 10.00. The van der Waals surface area contributed by atoms with Gasteiger partial charge in [-0.25, -0.2) is 9.97 Å². The Labute approximate surface area is 306 Å². The summed E-state index contributed by atoms with van der Waals surface area (Å²) in [4.78, 5) is 44.5. The molecule has 0 fully saturated rings. The van der Waals surface area contributed by atoms with E-state index in [1.54, 1.807) is 0 Å². The number of aromatic nitrogens is 4. The lowest BCUT2D eigenvalue weighted by Gasteiger charge is -2.18. The maximum absolute atomic E-state index is 13.1. The molecular formula is C42H53N7O3. The van der Waals surface area contributed by atoms with Crippen LogP contribution in [-0.2, 0) is 16.0 Å². The van der Waals surface area contributed by atoms with Crippen LogP contribution in [-0.4, -0.2) is 81.1 Å². The Morgan fingerprint density at radius 1 is 0.769 bits per heavy atom. The third-order valence-corrected chi connectivity index (χ3v) is 10.4. The number of hydrogen-bond donors (Lipinski definition) is 5. The Morgan fingerprint density at radius 2 is 1.40 bits per heavy atom. The van der Waals surface area contributed by atoms with Gasteiger partial charge in [0.2, 0.25) is 5.91 Å². The first kappa shape index (κ1) is 38.2. The lowest BCUT2D eigenvalue weighted by Crippen LogP contribution is -2.36.